The molecule has 0 saturated heterocycles. The van der Waals surface area contributed by atoms with Crippen molar-refractivity contribution in [2.45, 2.75) is 24.4 Å². The number of amides is 2. The van der Waals surface area contributed by atoms with Crippen LogP contribution in [0.25, 0.3) is 0 Å². The Balaban J connectivity index is 2.08. The predicted molar refractivity (Wildman–Crippen MR) is 119 cm³/mol. The summed E-state index contributed by atoms with van der Waals surface area (Å²) >= 11 is 0. The second-order valence-electron chi connectivity index (χ2n) is 7.31. The maximum Gasteiger partial charge on any atom is 0.326 e. The number of anilines is 1. The van der Waals surface area contributed by atoms with Crippen LogP contribution in [-0.4, -0.2) is 63.9 Å². The van der Waals surface area contributed by atoms with E-state index in [9.17, 15) is 22.8 Å². The Labute approximate surface area is 192 Å². The largest absolute Gasteiger partial charge is 0.497 e. The average molecular weight is 476 g/mol. The Kier molecular flexibility index (Phi) is 7.34. The molecule has 2 aromatic rings. The topological polar surface area (TPSA) is 122 Å². The lowest BCUT2D eigenvalue weighted by atomic mass is 10.1. The molecule has 10 nitrogen and oxygen atoms in total. The molecule has 2 amide bonds. The summed E-state index contributed by atoms with van der Waals surface area (Å²) in [4.78, 5) is 38.3. The molecular formula is C22H25N3O7S. The molecule has 0 aromatic heterocycles. The van der Waals surface area contributed by atoms with Crippen molar-refractivity contribution in [2.24, 2.45) is 0 Å². The van der Waals surface area contributed by atoms with Gasteiger partial charge in [-0.25, -0.2) is 8.42 Å². The summed E-state index contributed by atoms with van der Waals surface area (Å²) in [6.45, 7) is 0.540. The van der Waals surface area contributed by atoms with Crippen LogP contribution in [0.3, 0.4) is 0 Å². The highest BCUT2D eigenvalue weighted by atomic mass is 32.2. The zero-order chi connectivity index (χ0) is 24.2. The zero-order valence-electron chi connectivity index (χ0n) is 18.5. The van der Waals surface area contributed by atoms with Gasteiger partial charge in [-0.05, 0) is 35.9 Å². The predicted octanol–water partition coefficient (Wildman–Crippen LogP) is 0.910. The van der Waals surface area contributed by atoms with Gasteiger partial charge in [0.25, 0.3) is 0 Å². The van der Waals surface area contributed by atoms with Gasteiger partial charge in [0, 0.05) is 19.2 Å². The average Bonchev–Trinajstić information content (AvgIpc) is 3.00. The molecular weight excluding hydrogens is 450 g/mol. The molecule has 1 unspecified atom stereocenters. The number of ether oxygens (including phenoxy) is 2. The molecule has 2 aromatic carbocycles. The number of carbonyl (C=O) groups is 3. The first-order chi connectivity index (χ1) is 15.7. The first-order valence-electron chi connectivity index (χ1n) is 10.1. The van der Waals surface area contributed by atoms with E-state index in [0.29, 0.717) is 17.0 Å². The first-order valence-corrected chi connectivity index (χ1v) is 11.5. The fourth-order valence-corrected chi connectivity index (χ4v) is 5.09. The summed E-state index contributed by atoms with van der Waals surface area (Å²) in [6, 6.07) is 11.3. The molecule has 11 heteroatoms. The smallest absolute Gasteiger partial charge is 0.326 e. The van der Waals surface area contributed by atoms with E-state index in [-0.39, 0.29) is 30.4 Å². The number of esters is 1. The highest BCUT2D eigenvalue weighted by Gasteiger charge is 2.42. The number of nitrogens with zero attached hydrogens (tertiary/aromatic N) is 2. The van der Waals surface area contributed by atoms with Crippen LogP contribution in [0, 0.1) is 0 Å². The normalized spacial score (nSPS) is 16.3. The van der Waals surface area contributed by atoms with Crippen molar-refractivity contribution in [3.8, 4) is 5.75 Å². The van der Waals surface area contributed by atoms with Crippen molar-refractivity contribution >= 4 is 33.5 Å². The number of hydrogen-bond acceptors (Lipinski definition) is 7. The highest BCUT2D eigenvalue weighted by molar-refractivity contribution is 7.89. The van der Waals surface area contributed by atoms with Crippen molar-refractivity contribution in [3.05, 3.63) is 54.1 Å². The minimum atomic E-state index is -4.16. The molecule has 1 heterocycles. The third-order valence-corrected chi connectivity index (χ3v) is 7.11. The van der Waals surface area contributed by atoms with Crippen LogP contribution >= 0.6 is 0 Å². The van der Waals surface area contributed by atoms with Gasteiger partial charge in [-0.3, -0.25) is 14.4 Å². The number of benzene rings is 2. The number of fused-ring (bicyclic) bond motifs is 1. The second kappa shape index (κ2) is 10.0. The van der Waals surface area contributed by atoms with E-state index in [4.69, 9.17) is 9.47 Å². The van der Waals surface area contributed by atoms with Gasteiger partial charge in [0.15, 0.2) is 0 Å². The van der Waals surface area contributed by atoms with Crippen molar-refractivity contribution in [1.82, 2.24) is 9.62 Å². The molecule has 1 atom stereocenters. The lowest BCUT2D eigenvalue weighted by Gasteiger charge is -2.29. The van der Waals surface area contributed by atoms with E-state index in [1.165, 1.54) is 43.2 Å². The van der Waals surface area contributed by atoms with Crippen molar-refractivity contribution in [1.29, 1.82) is 0 Å². The standard InChI is InChI=1S/C22H25N3O7S/c1-15(26)23-12-21(27)24-14-20(22(28)32-3)25(13-16-6-4-5-7-19(16)24)33(29,30)18-10-8-17(31-2)9-11-18/h4-11,20H,12-14H2,1-3H3,(H,23,26). The maximum absolute atomic E-state index is 13.6. The summed E-state index contributed by atoms with van der Waals surface area (Å²) in [5, 5.41) is 2.44. The van der Waals surface area contributed by atoms with Gasteiger partial charge >= 0.3 is 5.97 Å². The third kappa shape index (κ3) is 5.15. The lowest BCUT2D eigenvalue weighted by Crippen LogP contribution is -2.51. The van der Waals surface area contributed by atoms with Crippen molar-refractivity contribution < 1.29 is 32.3 Å². The van der Waals surface area contributed by atoms with Crippen LogP contribution in [0.2, 0.25) is 0 Å². The van der Waals surface area contributed by atoms with Gasteiger partial charge in [-0.15, -0.1) is 0 Å². The zero-order valence-corrected chi connectivity index (χ0v) is 19.3. The monoisotopic (exact) mass is 475 g/mol. The van der Waals surface area contributed by atoms with Gasteiger partial charge < -0.3 is 19.7 Å². The number of methoxy groups -OCH3 is 2. The molecule has 0 fully saturated rings. The Bertz CT molecular complexity index is 1150. The molecule has 33 heavy (non-hydrogen) atoms. The number of sulfonamides is 1. The van der Waals surface area contributed by atoms with Crippen LogP contribution < -0.4 is 15.0 Å². The fraction of sp³-hybridized carbons (Fsp3) is 0.318. The molecule has 1 N–H and O–H groups in total. The number of para-hydroxylation sites is 1. The highest BCUT2D eigenvalue weighted by Crippen LogP contribution is 2.32. The molecule has 176 valence electrons. The summed E-state index contributed by atoms with van der Waals surface area (Å²) in [7, 11) is -1.54. The summed E-state index contributed by atoms with van der Waals surface area (Å²) in [6.07, 6.45) is 0. The fourth-order valence-electron chi connectivity index (χ4n) is 3.54. The summed E-state index contributed by atoms with van der Waals surface area (Å²) in [5.74, 6) is -1.21. The van der Waals surface area contributed by atoms with Crippen LogP contribution in [0.15, 0.2) is 53.4 Å². The number of nitrogens with one attached hydrogen (secondary N) is 1. The summed E-state index contributed by atoms with van der Waals surface area (Å²) < 4.78 is 38.2. The van der Waals surface area contributed by atoms with Gasteiger partial charge in [0.05, 0.1) is 32.2 Å². The Morgan fingerprint density at radius 2 is 1.73 bits per heavy atom. The quantitative estimate of drug-likeness (QED) is 0.616. The second-order valence-corrected chi connectivity index (χ2v) is 9.20. The van der Waals surface area contributed by atoms with E-state index in [0.717, 1.165) is 11.4 Å². The van der Waals surface area contributed by atoms with Gasteiger partial charge in [-0.2, -0.15) is 4.31 Å². The van der Waals surface area contributed by atoms with Crippen molar-refractivity contribution in [2.75, 3.05) is 32.2 Å². The molecule has 0 bridgehead atoms. The number of carbonyl (C=O) groups excluding carboxylic acids is 3. The lowest BCUT2D eigenvalue weighted by molar-refractivity contribution is -0.145. The molecule has 1 aliphatic heterocycles. The van der Waals surface area contributed by atoms with Crippen LogP contribution in [0.1, 0.15) is 12.5 Å². The third-order valence-electron chi connectivity index (χ3n) is 5.24. The van der Waals surface area contributed by atoms with Gasteiger partial charge in [0.2, 0.25) is 21.8 Å². The van der Waals surface area contributed by atoms with E-state index in [1.54, 1.807) is 24.3 Å². The van der Waals surface area contributed by atoms with Crippen LogP contribution in [0.4, 0.5) is 5.69 Å². The van der Waals surface area contributed by atoms with Crippen LogP contribution in [-0.2, 0) is 35.7 Å². The Morgan fingerprint density at radius 3 is 2.33 bits per heavy atom. The Hall–Kier alpha value is -3.44. The van der Waals surface area contributed by atoms with E-state index >= 15 is 0 Å². The number of rotatable bonds is 6. The summed E-state index contributed by atoms with van der Waals surface area (Å²) in [5.41, 5.74) is 0.978. The number of hydrogen-bond donors (Lipinski definition) is 1. The molecule has 0 aliphatic carbocycles. The Morgan fingerprint density at radius 1 is 1.06 bits per heavy atom. The minimum absolute atomic E-state index is 0.0345. The van der Waals surface area contributed by atoms with E-state index < -0.39 is 27.9 Å². The van der Waals surface area contributed by atoms with E-state index in [1.807, 2.05) is 0 Å². The molecule has 0 spiro atoms. The molecule has 0 saturated carbocycles. The molecule has 3 rings (SSSR count). The SMILES string of the molecule is COC(=O)C1CN(C(=O)CNC(C)=O)c2ccccc2CN1S(=O)(=O)c1ccc(OC)cc1. The van der Waals surface area contributed by atoms with Crippen LogP contribution in [0.5, 0.6) is 5.75 Å². The first kappa shape index (κ1) is 24.2. The van der Waals surface area contributed by atoms with Gasteiger partial charge in [-0.1, -0.05) is 18.2 Å². The van der Waals surface area contributed by atoms with Gasteiger partial charge in [0.1, 0.15) is 11.8 Å². The van der Waals surface area contributed by atoms with Crippen molar-refractivity contribution in [3.63, 3.8) is 0 Å². The maximum atomic E-state index is 13.6. The van der Waals surface area contributed by atoms with E-state index in [2.05, 4.69) is 5.32 Å². The molecule has 1 aliphatic rings. The molecule has 0 radical (unpaired) electrons. The minimum Gasteiger partial charge on any atom is -0.497 e.